The van der Waals surface area contributed by atoms with Crippen LogP contribution in [-0.4, -0.2) is 12.4 Å². The van der Waals surface area contributed by atoms with Crippen LogP contribution >= 0.6 is 11.6 Å². The number of aliphatic imine (C=N–C) groups is 1. The molecule has 3 N–H and O–H groups in total. The molecule has 0 aliphatic rings. The molecule has 0 fully saturated rings. The van der Waals surface area contributed by atoms with Crippen molar-refractivity contribution in [2.45, 2.75) is 13.8 Å². The lowest BCUT2D eigenvalue weighted by molar-refractivity contribution is 0.989. The number of rotatable bonds is 2. The summed E-state index contributed by atoms with van der Waals surface area (Å²) in [5.41, 5.74) is 4.51. The monoisotopic (exact) mass is 211 g/mol. The van der Waals surface area contributed by atoms with E-state index in [1.807, 2.05) is 32.0 Å². The average Bonchev–Trinajstić information content (AvgIpc) is 2.19. The second-order valence-corrected chi connectivity index (χ2v) is 3.29. The number of nitrogens with zero attached hydrogens (tertiary/aromatic N) is 1. The van der Waals surface area contributed by atoms with Gasteiger partial charge in [0.25, 0.3) is 0 Å². The SMILES string of the molecule is CCN=C(NN)c1cccc(Cl)c1C. The van der Waals surface area contributed by atoms with Crippen molar-refractivity contribution in [2.75, 3.05) is 6.54 Å². The van der Waals surface area contributed by atoms with Crippen molar-refractivity contribution in [1.82, 2.24) is 5.43 Å². The van der Waals surface area contributed by atoms with Crippen LogP contribution in [0.15, 0.2) is 23.2 Å². The highest BCUT2D eigenvalue weighted by molar-refractivity contribution is 6.31. The molecule has 0 atom stereocenters. The molecule has 0 bridgehead atoms. The third kappa shape index (κ3) is 2.25. The van der Waals surface area contributed by atoms with E-state index < -0.39 is 0 Å². The Hall–Kier alpha value is -1.06. The summed E-state index contributed by atoms with van der Waals surface area (Å²) in [6.07, 6.45) is 0. The lowest BCUT2D eigenvalue weighted by atomic mass is 10.1. The van der Waals surface area contributed by atoms with Crippen molar-refractivity contribution in [3.63, 3.8) is 0 Å². The van der Waals surface area contributed by atoms with Gasteiger partial charge in [-0.05, 0) is 25.5 Å². The molecule has 14 heavy (non-hydrogen) atoms. The molecule has 0 aliphatic heterocycles. The number of hydrogen-bond donors (Lipinski definition) is 2. The molecule has 0 aromatic heterocycles. The van der Waals surface area contributed by atoms with E-state index in [9.17, 15) is 0 Å². The number of nitrogens with one attached hydrogen (secondary N) is 1. The molecule has 0 saturated carbocycles. The quantitative estimate of drug-likeness (QED) is 0.340. The van der Waals surface area contributed by atoms with Gasteiger partial charge < -0.3 is 5.43 Å². The fourth-order valence-electron chi connectivity index (χ4n) is 1.23. The molecule has 4 heteroatoms. The van der Waals surface area contributed by atoms with Gasteiger partial charge in [-0.15, -0.1) is 0 Å². The van der Waals surface area contributed by atoms with Crippen LogP contribution in [0.4, 0.5) is 0 Å². The number of halogens is 1. The normalized spacial score (nSPS) is 11.6. The van der Waals surface area contributed by atoms with E-state index in [-0.39, 0.29) is 0 Å². The average molecular weight is 212 g/mol. The largest absolute Gasteiger partial charge is 0.308 e. The van der Waals surface area contributed by atoms with E-state index in [2.05, 4.69) is 10.4 Å². The molecular weight excluding hydrogens is 198 g/mol. The fourth-order valence-corrected chi connectivity index (χ4v) is 1.41. The highest BCUT2D eigenvalue weighted by atomic mass is 35.5. The predicted octanol–water partition coefficient (Wildman–Crippen LogP) is 1.88. The Morgan fingerprint density at radius 1 is 1.57 bits per heavy atom. The minimum Gasteiger partial charge on any atom is -0.308 e. The molecule has 0 unspecified atom stereocenters. The van der Waals surface area contributed by atoms with Crippen molar-refractivity contribution >= 4 is 17.4 Å². The third-order valence-corrected chi connectivity index (χ3v) is 2.39. The topological polar surface area (TPSA) is 50.4 Å². The van der Waals surface area contributed by atoms with Crippen LogP contribution in [0, 0.1) is 6.92 Å². The summed E-state index contributed by atoms with van der Waals surface area (Å²) in [5, 5.41) is 0.724. The first-order valence-corrected chi connectivity index (χ1v) is 4.85. The van der Waals surface area contributed by atoms with Crippen molar-refractivity contribution in [2.24, 2.45) is 10.8 Å². The maximum atomic E-state index is 5.99. The van der Waals surface area contributed by atoms with Gasteiger partial charge >= 0.3 is 0 Å². The van der Waals surface area contributed by atoms with Gasteiger partial charge in [-0.1, -0.05) is 23.7 Å². The second kappa shape index (κ2) is 4.98. The Kier molecular flexibility index (Phi) is 3.92. The van der Waals surface area contributed by atoms with Gasteiger partial charge in [0, 0.05) is 17.1 Å². The zero-order chi connectivity index (χ0) is 10.6. The van der Waals surface area contributed by atoms with Crippen molar-refractivity contribution in [3.8, 4) is 0 Å². The minimum atomic E-state index is 0.674. The maximum absolute atomic E-state index is 5.99. The summed E-state index contributed by atoms with van der Waals surface area (Å²) < 4.78 is 0. The molecule has 0 spiro atoms. The number of nitrogens with two attached hydrogens (primary N) is 1. The van der Waals surface area contributed by atoms with Gasteiger partial charge in [-0.3, -0.25) is 4.99 Å². The molecule has 0 radical (unpaired) electrons. The van der Waals surface area contributed by atoms with Gasteiger partial charge in [-0.2, -0.15) is 0 Å². The molecular formula is C10H14ClN3. The summed E-state index contributed by atoms with van der Waals surface area (Å²) in [5.74, 6) is 6.06. The highest BCUT2D eigenvalue weighted by Crippen LogP contribution is 2.18. The molecule has 0 aliphatic carbocycles. The summed E-state index contributed by atoms with van der Waals surface area (Å²) in [6.45, 7) is 4.59. The van der Waals surface area contributed by atoms with Crippen molar-refractivity contribution < 1.29 is 0 Å². The van der Waals surface area contributed by atoms with E-state index in [0.29, 0.717) is 12.4 Å². The Morgan fingerprint density at radius 2 is 2.29 bits per heavy atom. The van der Waals surface area contributed by atoms with Gasteiger partial charge in [0.05, 0.1) is 0 Å². The zero-order valence-corrected chi connectivity index (χ0v) is 9.10. The van der Waals surface area contributed by atoms with Crippen molar-refractivity contribution in [3.05, 3.63) is 34.3 Å². The van der Waals surface area contributed by atoms with Crippen LogP contribution < -0.4 is 11.3 Å². The molecule has 1 aromatic carbocycles. The number of hydrogen-bond acceptors (Lipinski definition) is 2. The Labute approximate surface area is 88.9 Å². The fraction of sp³-hybridized carbons (Fsp3) is 0.300. The maximum Gasteiger partial charge on any atom is 0.142 e. The number of benzene rings is 1. The van der Waals surface area contributed by atoms with Crippen LogP contribution in [0.1, 0.15) is 18.1 Å². The smallest absolute Gasteiger partial charge is 0.142 e. The zero-order valence-electron chi connectivity index (χ0n) is 8.34. The van der Waals surface area contributed by atoms with Crippen LogP contribution in [0.3, 0.4) is 0 Å². The predicted molar refractivity (Wildman–Crippen MR) is 60.6 cm³/mol. The highest BCUT2D eigenvalue weighted by Gasteiger charge is 2.06. The second-order valence-electron chi connectivity index (χ2n) is 2.88. The standard InChI is InChI=1S/C10H14ClN3/c1-3-13-10(14-12)8-5-4-6-9(11)7(8)2/h4-6H,3,12H2,1-2H3,(H,13,14). The summed E-state index contributed by atoms with van der Waals surface area (Å²) in [6, 6.07) is 5.67. The Balaban J connectivity index is 3.17. The number of hydrazine groups is 1. The number of amidine groups is 1. The first kappa shape index (κ1) is 11.0. The minimum absolute atomic E-state index is 0.674. The van der Waals surface area contributed by atoms with Gasteiger partial charge in [0.15, 0.2) is 0 Å². The van der Waals surface area contributed by atoms with Crippen LogP contribution in [0.2, 0.25) is 5.02 Å². The van der Waals surface area contributed by atoms with E-state index in [1.54, 1.807) is 0 Å². The summed E-state index contributed by atoms with van der Waals surface area (Å²) >= 11 is 5.99. The molecule has 0 amide bonds. The molecule has 76 valence electrons. The van der Waals surface area contributed by atoms with Gasteiger partial charge in [0.2, 0.25) is 0 Å². The van der Waals surface area contributed by atoms with Crippen molar-refractivity contribution in [1.29, 1.82) is 0 Å². The van der Waals surface area contributed by atoms with Gasteiger partial charge in [0.1, 0.15) is 5.84 Å². The third-order valence-electron chi connectivity index (χ3n) is 1.98. The van der Waals surface area contributed by atoms with Crippen LogP contribution in [-0.2, 0) is 0 Å². The van der Waals surface area contributed by atoms with E-state index in [4.69, 9.17) is 17.4 Å². The molecule has 0 saturated heterocycles. The van der Waals surface area contributed by atoms with E-state index in [1.165, 1.54) is 0 Å². The molecule has 1 rings (SSSR count). The van der Waals surface area contributed by atoms with E-state index in [0.717, 1.165) is 16.1 Å². The first-order valence-electron chi connectivity index (χ1n) is 4.47. The lowest BCUT2D eigenvalue weighted by Crippen LogP contribution is -2.31. The van der Waals surface area contributed by atoms with Crippen LogP contribution in [0.25, 0.3) is 0 Å². The molecule has 1 aromatic rings. The van der Waals surface area contributed by atoms with Gasteiger partial charge in [-0.25, -0.2) is 5.84 Å². The van der Waals surface area contributed by atoms with Crippen LogP contribution in [0.5, 0.6) is 0 Å². The Bertz CT molecular complexity index is 347. The molecule has 3 nitrogen and oxygen atoms in total. The first-order chi connectivity index (χ1) is 6.70. The van der Waals surface area contributed by atoms with E-state index >= 15 is 0 Å². The summed E-state index contributed by atoms with van der Waals surface area (Å²) in [7, 11) is 0. The Morgan fingerprint density at radius 3 is 2.86 bits per heavy atom. The summed E-state index contributed by atoms with van der Waals surface area (Å²) in [4.78, 5) is 4.24. The lowest BCUT2D eigenvalue weighted by Gasteiger charge is -2.09. The molecule has 0 heterocycles.